The third kappa shape index (κ3) is 5.52. The molecule has 1 aliphatic heterocycles. The Morgan fingerprint density at radius 1 is 1.05 bits per heavy atom. The minimum atomic E-state index is 0.0527. The van der Waals surface area contributed by atoms with Crippen LogP contribution in [0, 0.1) is 6.92 Å². The van der Waals surface area contributed by atoms with Crippen LogP contribution in [0.1, 0.15) is 37.9 Å². The molecule has 0 saturated carbocycles. The molecule has 0 amide bonds. The summed E-state index contributed by atoms with van der Waals surface area (Å²) in [6.07, 6.45) is 6.45. The Kier molecular flexibility index (Phi) is 7.81. The molecule has 4 aromatic heterocycles. The van der Waals surface area contributed by atoms with Crippen LogP contribution in [0.2, 0.25) is 0 Å². The number of hydrogen-bond acceptors (Lipinski definition) is 7. The molecule has 0 aromatic carbocycles. The lowest BCUT2D eigenvalue weighted by Crippen LogP contribution is -2.41. The minimum Gasteiger partial charge on any atom is -0.353 e. The summed E-state index contributed by atoms with van der Waals surface area (Å²) in [5.41, 5.74) is 4.30. The molecule has 0 aliphatic carbocycles. The second-order valence-corrected chi connectivity index (χ2v) is 9.88. The topological polar surface area (TPSA) is 83.6 Å². The number of anilines is 1. The maximum atomic E-state index is 13.0. The monoisotopic (exact) mass is 502 g/mol. The highest BCUT2D eigenvalue weighted by atomic mass is 16.1. The van der Waals surface area contributed by atoms with Crippen molar-refractivity contribution < 1.29 is 0 Å². The van der Waals surface area contributed by atoms with E-state index in [2.05, 4.69) is 43.5 Å². The number of nitrogens with one attached hydrogen (secondary N) is 1. The van der Waals surface area contributed by atoms with Gasteiger partial charge in [0.25, 0.3) is 5.56 Å². The van der Waals surface area contributed by atoms with Crippen molar-refractivity contribution in [1.82, 2.24) is 33.7 Å². The van der Waals surface area contributed by atoms with Gasteiger partial charge in [0.15, 0.2) is 5.65 Å². The smallest absolute Gasteiger partial charge is 0.261 e. The molecule has 1 N–H and O–H groups in total. The summed E-state index contributed by atoms with van der Waals surface area (Å²) in [6.45, 7) is 13.1. The van der Waals surface area contributed by atoms with Gasteiger partial charge < -0.3 is 15.1 Å². The van der Waals surface area contributed by atoms with Crippen LogP contribution in [0.3, 0.4) is 0 Å². The molecule has 5 heterocycles. The van der Waals surface area contributed by atoms with Crippen LogP contribution in [0.5, 0.6) is 0 Å². The summed E-state index contributed by atoms with van der Waals surface area (Å²) in [4.78, 5) is 32.0. The second kappa shape index (κ2) is 11.4. The highest BCUT2D eigenvalue weighted by Crippen LogP contribution is 2.21. The zero-order valence-corrected chi connectivity index (χ0v) is 22.2. The number of aromatic nitrogens is 5. The summed E-state index contributed by atoms with van der Waals surface area (Å²) >= 11 is 0. The molecule has 0 bridgehead atoms. The Morgan fingerprint density at radius 3 is 2.65 bits per heavy atom. The lowest BCUT2D eigenvalue weighted by Gasteiger charge is -2.32. The number of piperidine rings is 1. The number of fused-ring (bicyclic) bond motifs is 2. The lowest BCUT2D eigenvalue weighted by atomic mass is 10.0. The van der Waals surface area contributed by atoms with Gasteiger partial charge in [0.2, 0.25) is 5.95 Å². The van der Waals surface area contributed by atoms with Gasteiger partial charge in [0, 0.05) is 62.4 Å². The molecule has 196 valence electrons. The van der Waals surface area contributed by atoms with Crippen molar-refractivity contribution in [3.05, 3.63) is 64.3 Å². The summed E-state index contributed by atoms with van der Waals surface area (Å²) < 4.78 is 3.89. The summed E-state index contributed by atoms with van der Waals surface area (Å²) in [5, 5.41) is 3.73. The normalized spacial score (nSPS) is 15.2. The van der Waals surface area contributed by atoms with Gasteiger partial charge in [-0.15, -0.1) is 0 Å². The summed E-state index contributed by atoms with van der Waals surface area (Å²) in [5.74, 6) is 0.921. The Hall–Kier alpha value is -3.30. The number of aryl methyl sites for hydroxylation is 1. The summed E-state index contributed by atoms with van der Waals surface area (Å²) in [6, 6.07) is 10.0. The quantitative estimate of drug-likeness (QED) is 0.357. The number of pyridine rings is 2. The van der Waals surface area contributed by atoms with E-state index in [-0.39, 0.29) is 5.56 Å². The minimum absolute atomic E-state index is 0.0527. The van der Waals surface area contributed by atoms with E-state index in [1.807, 2.05) is 43.5 Å². The lowest BCUT2D eigenvalue weighted by molar-refractivity contribution is 0.220. The average Bonchev–Trinajstić information content (AvgIpc) is 3.27. The van der Waals surface area contributed by atoms with Crippen molar-refractivity contribution in [3.8, 4) is 0 Å². The van der Waals surface area contributed by atoms with Crippen molar-refractivity contribution in [3.63, 3.8) is 0 Å². The van der Waals surface area contributed by atoms with Crippen molar-refractivity contribution in [2.45, 2.75) is 52.6 Å². The van der Waals surface area contributed by atoms with E-state index in [1.165, 1.54) is 0 Å². The Morgan fingerprint density at radius 2 is 1.86 bits per heavy atom. The third-order valence-electron chi connectivity index (χ3n) is 7.67. The van der Waals surface area contributed by atoms with Gasteiger partial charge >= 0.3 is 0 Å². The largest absolute Gasteiger partial charge is 0.353 e. The van der Waals surface area contributed by atoms with Gasteiger partial charge in [-0.05, 0) is 63.5 Å². The first-order chi connectivity index (χ1) is 18.1. The summed E-state index contributed by atoms with van der Waals surface area (Å²) in [7, 11) is 0. The van der Waals surface area contributed by atoms with Crippen LogP contribution in [0.4, 0.5) is 5.95 Å². The molecule has 5 rings (SSSR count). The number of rotatable bonds is 10. The van der Waals surface area contributed by atoms with Gasteiger partial charge in [-0.3, -0.25) is 13.8 Å². The fourth-order valence-corrected chi connectivity index (χ4v) is 5.34. The zero-order valence-electron chi connectivity index (χ0n) is 22.2. The van der Waals surface area contributed by atoms with Gasteiger partial charge in [-0.2, -0.15) is 0 Å². The van der Waals surface area contributed by atoms with Crippen LogP contribution in [0.25, 0.3) is 16.8 Å². The maximum Gasteiger partial charge on any atom is 0.261 e. The molecule has 0 spiro atoms. The molecule has 0 atom stereocenters. The van der Waals surface area contributed by atoms with Crippen molar-refractivity contribution in [2.24, 2.45) is 0 Å². The number of nitrogens with zero attached hydrogens (tertiary/aromatic N) is 7. The van der Waals surface area contributed by atoms with Gasteiger partial charge in [0.05, 0.1) is 0 Å². The van der Waals surface area contributed by atoms with E-state index in [9.17, 15) is 4.79 Å². The average molecular weight is 503 g/mol. The maximum absolute atomic E-state index is 13.0. The zero-order chi connectivity index (χ0) is 25.8. The van der Waals surface area contributed by atoms with E-state index in [1.54, 1.807) is 10.6 Å². The van der Waals surface area contributed by atoms with E-state index in [0.717, 1.165) is 93.4 Å². The van der Waals surface area contributed by atoms with Crippen molar-refractivity contribution in [2.75, 3.05) is 44.6 Å². The number of hydrogen-bond donors (Lipinski definition) is 1. The molecule has 4 aromatic rings. The predicted molar refractivity (Wildman–Crippen MR) is 148 cm³/mol. The van der Waals surface area contributed by atoms with E-state index in [4.69, 9.17) is 4.98 Å². The molecule has 0 unspecified atom stereocenters. The SMILES string of the molecule is CCN(CC)CCn1c(NC2CCN(CCc3c(C)nc4ccccn4c3=O)CC2)nc2cccnc21. The van der Waals surface area contributed by atoms with Crippen LogP contribution in [-0.4, -0.2) is 79.0 Å². The molecule has 9 heteroatoms. The van der Waals surface area contributed by atoms with E-state index in [0.29, 0.717) is 11.7 Å². The number of likely N-dealkylation sites (N-methyl/N-ethyl adjacent to an activating group) is 1. The van der Waals surface area contributed by atoms with Crippen LogP contribution < -0.4 is 10.9 Å². The number of likely N-dealkylation sites (tertiary alicyclic amines) is 1. The second-order valence-electron chi connectivity index (χ2n) is 9.88. The van der Waals surface area contributed by atoms with Gasteiger partial charge in [0.1, 0.15) is 11.2 Å². The fourth-order valence-electron chi connectivity index (χ4n) is 5.34. The van der Waals surface area contributed by atoms with Gasteiger partial charge in [-0.25, -0.2) is 15.0 Å². The van der Waals surface area contributed by atoms with Crippen LogP contribution in [0.15, 0.2) is 47.5 Å². The Labute approximate surface area is 218 Å². The first kappa shape index (κ1) is 25.4. The van der Waals surface area contributed by atoms with Crippen LogP contribution >= 0.6 is 0 Å². The highest BCUT2D eigenvalue weighted by Gasteiger charge is 2.22. The number of imidazole rings is 1. The molecule has 37 heavy (non-hydrogen) atoms. The Balaban J connectivity index is 1.21. The fraction of sp³-hybridized carbons (Fsp3) is 0.500. The van der Waals surface area contributed by atoms with Gasteiger partial charge in [-0.1, -0.05) is 19.9 Å². The predicted octanol–water partition coefficient (Wildman–Crippen LogP) is 3.21. The molecular formula is C28H38N8O. The third-order valence-corrected chi connectivity index (χ3v) is 7.67. The highest BCUT2D eigenvalue weighted by molar-refractivity contribution is 5.74. The first-order valence-electron chi connectivity index (χ1n) is 13.6. The molecule has 1 aliphatic rings. The molecule has 1 saturated heterocycles. The van der Waals surface area contributed by atoms with Crippen molar-refractivity contribution in [1.29, 1.82) is 0 Å². The van der Waals surface area contributed by atoms with E-state index >= 15 is 0 Å². The molecular weight excluding hydrogens is 464 g/mol. The molecule has 1 fully saturated rings. The molecule has 0 radical (unpaired) electrons. The first-order valence-corrected chi connectivity index (χ1v) is 13.6. The Bertz CT molecular complexity index is 1400. The molecule has 9 nitrogen and oxygen atoms in total. The van der Waals surface area contributed by atoms with E-state index < -0.39 is 0 Å². The van der Waals surface area contributed by atoms with Crippen molar-refractivity contribution >= 4 is 22.8 Å². The van der Waals surface area contributed by atoms with Crippen LogP contribution in [-0.2, 0) is 13.0 Å². The standard InChI is InChI=1S/C28H38N8O/c1-4-33(5-2)19-20-36-26-24(9-8-14-29-26)32-28(36)31-22-11-16-34(17-12-22)18-13-23-21(3)30-25-10-6-7-15-35(25)27(23)37/h6-10,14-15,22H,4-5,11-13,16-20H2,1-3H3,(H,31,32).